The average molecular weight is 190 g/mol. The van der Waals surface area contributed by atoms with Gasteiger partial charge in [-0.3, -0.25) is 4.98 Å². The summed E-state index contributed by atoms with van der Waals surface area (Å²) in [5.74, 6) is 0. The van der Waals surface area contributed by atoms with Crippen molar-refractivity contribution < 1.29 is 0 Å². The molecular formula is C10H10N2S. The first kappa shape index (κ1) is 8.26. The third-order valence-electron chi connectivity index (χ3n) is 1.90. The van der Waals surface area contributed by atoms with Crippen molar-refractivity contribution in [2.45, 2.75) is 6.92 Å². The summed E-state index contributed by atoms with van der Waals surface area (Å²) in [6.07, 6.45) is 3.51. The van der Waals surface area contributed by atoms with Gasteiger partial charge < -0.3 is 5.73 Å². The molecule has 2 nitrogen and oxygen atoms in total. The van der Waals surface area contributed by atoms with Crippen molar-refractivity contribution in [1.82, 2.24) is 4.98 Å². The van der Waals surface area contributed by atoms with E-state index in [1.165, 1.54) is 4.88 Å². The van der Waals surface area contributed by atoms with Gasteiger partial charge in [-0.1, -0.05) is 0 Å². The number of thiophene rings is 1. The number of nitrogens with zero attached hydrogens (tertiary/aromatic N) is 1. The zero-order valence-corrected chi connectivity index (χ0v) is 8.14. The molecule has 0 radical (unpaired) electrons. The highest BCUT2D eigenvalue weighted by Gasteiger charge is 2.03. The zero-order valence-electron chi connectivity index (χ0n) is 7.32. The Balaban J connectivity index is 2.52. The second-order valence-electron chi connectivity index (χ2n) is 2.91. The molecule has 0 atom stereocenters. The van der Waals surface area contributed by atoms with Crippen LogP contribution in [0.25, 0.3) is 11.1 Å². The Labute approximate surface area is 81.1 Å². The van der Waals surface area contributed by atoms with E-state index >= 15 is 0 Å². The van der Waals surface area contributed by atoms with Gasteiger partial charge in [-0.05, 0) is 30.0 Å². The van der Waals surface area contributed by atoms with E-state index in [1.807, 2.05) is 6.07 Å². The predicted octanol–water partition coefficient (Wildman–Crippen LogP) is 2.70. The molecular weight excluding hydrogens is 180 g/mol. The summed E-state index contributed by atoms with van der Waals surface area (Å²) in [5.41, 5.74) is 8.79. The van der Waals surface area contributed by atoms with E-state index in [-0.39, 0.29) is 0 Å². The van der Waals surface area contributed by atoms with E-state index < -0.39 is 0 Å². The standard InChI is InChI=1S/C10H10N2S/c1-7-4-8(6-13-7)9-5-12-3-2-10(9)11/h2-6H,1H3,(H2,11,12). The molecule has 0 aliphatic heterocycles. The molecule has 0 unspecified atom stereocenters. The smallest absolute Gasteiger partial charge is 0.0425 e. The van der Waals surface area contributed by atoms with Crippen molar-refractivity contribution in [2.75, 3.05) is 5.73 Å². The van der Waals surface area contributed by atoms with Crippen LogP contribution in [0.1, 0.15) is 4.88 Å². The molecule has 0 spiro atoms. The zero-order chi connectivity index (χ0) is 9.26. The minimum absolute atomic E-state index is 0.785. The molecule has 0 aliphatic carbocycles. The molecule has 3 heteroatoms. The lowest BCUT2D eigenvalue weighted by Gasteiger charge is -2.00. The van der Waals surface area contributed by atoms with Crippen molar-refractivity contribution in [3.05, 3.63) is 34.8 Å². The van der Waals surface area contributed by atoms with Crippen LogP contribution in [0.2, 0.25) is 0 Å². The molecule has 2 aromatic heterocycles. The summed E-state index contributed by atoms with van der Waals surface area (Å²) in [7, 11) is 0. The van der Waals surface area contributed by atoms with Gasteiger partial charge in [-0.25, -0.2) is 0 Å². The molecule has 66 valence electrons. The fourth-order valence-corrected chi connectivity index (χ4v) is 1.93. The number of hydrogen-bond acceptors (Lipinski definition) is 3. The molecule has 0 fully saturated rings. The number of rotatable bonds is 1. The van der Waals surface area contributed by atoms with Crippen molar-refractivity contribution in [1.29, 1.82) is 0 Å². The largest absolute Gasteiger partial charge is 0.398 e. The number of pyridine rings is 1. The summed E-state index contributed by atoms with van der Waals surface area (Å²) in [4.78, 5) is 5.35. The lowest BCUT2D eigenvalue weighted by molar-refractivity contribution is 1.33. The van der Waals surface area contributed by atoms with Crippen LogP contribution < -0.4 is 5.73 Å². The molecule has 2 rings (SSSR count). The first-order valence-electron chi connectivity index (χ1n) is 4.02. The maximum atomic E-state index is 5.83. The summed E-state index contributed by atoms with van der Waals surface area (Å²) >= 11 is 1.72. The van der Waals surface area contributed by atoms with Crippen LogP contribution in [0, 0.1) is 6.92 Å². The Morgan fingerprint density at radius 1 is 1.46 bits per heavy atom. The Morgan fingerprint density at radius 2 is 2.31 bits per heavy atom. The van der Waals surface area contributed by atoms with Crippen LogP contribution in [0.5, 0.6) is 0 Å². The van der Waals surface area contributed by atoms with Gasteiger partial charge in [0.15, 0.2) is 0 Å². The van der Waals surface area contributed by atoms with E-state index in [1.54, 1.807) is 23.7 Å². The maximum absolute atomic E-state index is 5.83. The topological polar surface area (TPSA) is 38.9 Å². The molecule has 0 saturated carbocycles. The molecule has 2 N–H and O–H groups in total. The van der Waals surface area contributed by atoms with E-state index in [2.05, 4.69) is 23.4 Å². The molecule has 0 amide bonds. The number of nitrogens with two attached hydrogens (primary N) is 1. The SMILES string of the molecule is Cc1cc(-c2cnccc2N)cs1. The van der Waals surface area contributed by atoms with Crippen LogP contribution in [0.3, 0.4) is 0 Å². The van der Waals surface area contributed by atoms with Crippen molar-refractivity contribution in [2.24, 2.45) is 0 Å². The summed E-state index contributed by atoms with van der Waals surface area (Å²) < 4.78 is 0. The lowest BCUT2D eigenvalue weighted by Crippen LogP contribution is -1.89. The number of aromatic nitrogens is 1. The Kier molecular flexibility index (Phi) is 2.02. The van der Waals surface area contributed by atoms with Gasteiger partial charge >= 0.3 is 0 Å². The first-order chi connectivity index (χ1) is 6.27. The quantitative estimate of drug-likeness (QED) is 0.751. The Bertz CT molecular complexity index is 420. The van der Waals surface area contributed by atoms with Crippen LogP contribution in [-0.4, -0.2) is 4.98 Å². The van der Waals surface area contributed by atoms with Crippen molar-refractivity contribution >= 4 is 17.0 Å². The van der Waals surface area contributed by atoms with E-state index in [0.717, 1.165) is 16.8 Å². The minimum Gasteiger partial charge on any atom is -0.398 e. The molecule has 0 aliphatic rings. The van der Waals surface area contributed by atoms with Crippen LogP contribution in [0.4, 0.5) is 5.69 Å². The second-order valence-corrected chi connectivity index (χ2v) is 4.02. The van der Waals surface area contributed by atoms with Crippen LogP contribution in [0.15, 0.2) is 29.9 Å². The number of nitrogen functional groups attached to an aromatic ring is 1. The molecule has 0 bridgehead atoms. The highest BCUT2D eigenvalue weighted by Crippen LogP contribution is 2.28. The summed E-state index contributed by atoms with van der Waals surface area (Å²) in [6.45, 7) is 2.08. The van der Waals surface area contributed by atoms with Gasteiger partial charge in [-0.2, -0.15) is 0 Å². The molecule has 0 aromatic carbocycles. The van der Waals surface area contributed by atoms with Gasteiger partial charge in [0.25, 0.3) is 0 Å². The van der Waals surface area contributed by atoms with Gasteiger partial charge in [0, 0.05) is 28.5 Å². The minimum atomic E-state index is 0.785. The van der Waals surface area contributed by atoms with E-state index in [0.29, 0.717) is 0 Å². The van der Waals surface area contributed by atoms with Crippen molar-refractivity contribution in [3.63, 3.8) is 0 Å². The highest BCUT2D eigenvalue weighted by molar-refractivity contribution is 7.10. The monoisotopic (exact) mass is 190 g/mol. The van der Waals surface area contributed by atoms with Gasteiger partial charge in [0.2, 0.25) is 0 Å². The fraction of sp³-hybridized carbons (Fsp3) is 0.100. The van der Waals surface area contributed by atoms with E-state index in [9.17, 15) is 0 Å². The van der Waals surface area contributed by atoms with Crippen LogP contribution in [-0.2, 0) is 0 Å². The number of aryl methyl sites for hydroxylation is 1. The normalized spacial score (nSPS) is 10.2. The lowest BCUT2D eigenvalue weighted by atomic mass is 10.1. The fourth-order valence-electron chi connectivity index (χ4n) is 1.23. The third kappa shape index (κ3) is 1.55. The number of hydrogen-bond donors (Lipinski definition) is 1. The highest BCUT2D eigenvalue weighted by atomic mass is 32.1. The number of anilines is 1. The van der Waals surface area contributed by atoms with Gasteiger partial charge in [0.05, 0.1) is 0 Å². The van der Waals surface area contributed by atoms with E-state index in [4.69, 9.17) is 5.73 Å². The van der Waals surface area contributed by atoms with Crippen LogP contribution >= 0.6 is 11.3 Å². The predicted molar refractivity (Wildman–Crippen MR) is 56.7 cm³/mol. The van der Waals surface area contributed by atoms with Gasteiger partial charge in [-0.15, -0.1) is 11.3 Å². The van der Waals surface area contributed by atoms with Crippen molar-refractivity contribution in [3.8, 4) is 11.1 Å². The molecule has 0 saturated heterocycles. The molecule has 13 heavy (non-hydrogen) atoms. The third-order valence-corrected chi connectivity index (χ3v) is 2.76. The average Bonchev–Trinajstić information content (AvgIpc) is 2.53. The Morgan fingerprint density at radius 3 is 2.92 bits per heavy atom. The second kappa shape index (κ2) is 3.18. The Hall–Kier alpha value is -1.35. The summed E-state index contributed by atoms with van der Waals surface area (Å²) in [6, 6.07) is 3.94. The first-order valence-corrected chi connectivity index (χ1v) is 4.90. The van der Waals surface area contributed by atoms with Gasteiger partial charge in [0.1, 0.15) is 0 Å². The summed E-state index contributed by atoms with van der Waals surface area (Å²) in [5, 5.41) is 2.10. The maximum Gasteiger partial charge on any atom is 0.0425 e. The molecule has 2 aromatic rings. The molecule has 2 heterocycles.